The van der Waals surface area contributed by atoms with Crippen LogP contribution in [0.3, 0.4) is 0 Å². The van der Waals surface area contributed by atoms with Gasteiger partial charge in [-0.1, -0.05) is 25.3 Å². The second-order valence-electron chi connectivity index (χ2n) is 10.2. The number of hydrogen-bond acceptors (Lipinski definition) is 6. The second kappa shape index (κ2) is 13.7. The number of piperazine rings is 1. The van der Waals surface area contributed by atoms with Crippen LogP contribution in [0.25, 0.3) is 0 Å². The number of aromatic nitrogens is 1. The minimum atomic E-state index is 0.0331. The predicted octanol–water partition coefficient (Wildman–Crippen LogP) is 3.15. The lowest BCUT2D eigenvalue weighted by Gasteiger charge is -2.34. The Hall–Kier alpha value is -2.81. The molecule has 3 heterocycles. The van der Waals surface area contributed by atoms with Gasteiger partial charge in [0.1, 0.15) is 0 Å². The van der Waals surface area contributed by atoms with E-state index in [0.29, 0.717) is 38.3 Å². The summed E-state index contributed by atoms with van der Waals surface area (Å²) in [6, 6.07) is 9.93. The van der Waals surface area contributed by atoms with Gasteiger partial charge in [-0.05, 0) is 54.8 Å². The van der Waals surface area contributed by atoms with Crippen LogP contribution in [0, 0.1) is 0 Å². The minimum Gasteiger partial charge on any atom is -0.395 e. The van der Waals surface area contributed by atoms with E-state index in [1.165, 1.54) is 12.8 Å². The summed E-state index contributed by atoms with van der Waals surface area (Å²) >= 11 is 0. The van der Waals surface area contributed by atoms with Crippen LogP contribution in [-0.4, -0.2) is 89.0 Å². The number of benzene rings is 1. The van der Waals surface area contributed by atoms with E-state index in [1.54, 1.807) is 13.1 Å². The summed E-state index contributed by atoms with van der Waals surface area (Å²) in [6.07, 6.45) is 9.28. The SMILES string of the molecule is CC(=O)N1CCCCCCCN(Cc2cccnc2)Cc2cc(C(=O)N3CCN(CCO)CC3)ccc21. The number of carbonyl (C=O) groups excluding carboxylic acids is 2. The molecule has 0 spiro atoms. The lowest BCUT2D eigenvalue weighted by Crippen LogP contribution is -2.49. The first kappa shape index (κ1) is 27.2. The molecule has 0 radical (unpaired) electrons. The average Bonchev–Trinajstić information content (AvgIpc) is 2.90. The highest BCUT2D eigenvalue weighted by Gasteiger charge is 2.24. The summed E-state index contributed by atoms with van der Waals surface area (Å²) in [4.78, 5) is 38.9. The molecule has 1 aromatic carbocycles. The van der Waals surface area contributed by atoms with Crippen LogP contribution in [0.1, 0.15) is 60.5 Å². The maximum atomic E-state index is 13.5. The summed E-state index contributed by atoms with van der Waals surface area (Å²) in [7, 11) is 0. The molecule has 8 nitrogen and oxygen atoms in total. The second-order valence-corrected chi connectivity index (χ2v) is 10.2. The van der Waals surface area contributed by atoms with E-state index in [2.05, 4.69) is 20.9 Å². The van der Waals surface area contributed by atoms with Crippen molar-refractivity contribution in [3.63, 3.8) is 0 Å². The molecule has 0 aliphatic carbocycles. The fourth-order valence-electron chi connectivity index (χ4n) is 5.40. The van der Waals surface area contributed by atoms with Crippen LogP contribution in [0.5, 0.6) is 0 Å². The zero-order valence-electron chi connectivity index (χ0n) is 22.1. The summed E-state index contributed by atoms with van der Waals surface area (Å²) < 4.78 is 0. The van der Waals surface area contributed by atoms with E-state index in [1.807, 2.05) is 40.3 Å². The van der Waals surface area contributed by atoms with Gasteiger partial charge in [-0.15, -0.1) is 0 Å². The molecule has 1 fully saturated rings. The molecule has 1 N–H and O–H groups in total. The summed E-state index contributed by atoms with van der Waals surface area (Å²) in [5.74, 6) is 0.0712. The van der Waals surface area contributed by atoms with Gasteiger partial charge in [-0.3, -0.25) is 24.4 Å². The van der Waals surface area contributed by atoms with Gasteiger partial charge in [-0.2, -0.15) is 0 Å². The molecule has 2 aliphatic rings. The number of β-amino-alcohol motifs (C(OH)–C–C–N with tert-alkyl or cyclic N) is 1. The highest BCUT2D eigenvalue weighted by atomic mass is 16.3. The molecular formula is C29H41N5O3. The molecule has 2 aliphatic heterocycles. The standard InChI is InChI=1S/C29H41N5O3/c1-24(36)34-13-6-4-2-3-5-12-32(22-25-8-7-11-30-21-25)23-27-20-26(9-10-28(27)34)29(37)33-16-14-31(15-17-33)18-19-35/h7-11,20-21,35H,2-6,12-19,22-23H2,1H3. The molecule has 0 unspecified atom stereocenters. The number of aliphatic hydroxyl groups excluding tert-OH is 1. The van der Waals surface area contributed by atoms with E-state index in [4.69, 9.17) is 0 Å². The fraction of sp³-hybridized carbons (Fsp3) is 0.552. The number of rotatable bonds is 5. The monoisotopic (exact) mass is 507 g/mol. The van der Waals surface area contributed by atoms with Gasteiger partial charge in [0.05, 0.1) is 6.61 Å². The number of aliphatic hydroxyl groups is 1. The van der Waals surface area contributed by atoms with Crippen molar-refractivity contribution in [2.75, 3.05) is 57.3 Å². The number of hydrogen-bond donors (Lipinski definition) is 1. The van der Waals surface area contributed by atoms with Crippen molar-refractivity contribution < 1.29 is 14.7 Å². The lowest BCUT2D eigenvalue weighted by molar-refractivity contribution is -0.116. The molecule has 2 aromatic rings. The molecule has 2 amide bonds. The highest BCUT2D eigenvalue weighted by molar-refractivity contribution is 5.97. The summed E-state index contributed by atoms with van der Waals surface area (Å²) in [5, 5.41) is 9.22. The van der Waals surface area contributed by atoms with Crippen molar-refractivity contribution in [3.05, 3.63) is 59.4 Å². The van der Waals surface area contributed by atoms with Gasteiger partial charge in [0, 0.05) is 82.9 Å². The van der Waals surface area contributed by atoms with Gasteiger partial charge in [0.2, 0.25) is 5.91 Å². The van der Waals surface area contributed by atoms with Crippen LogP contribution < -0.4 is 4.90 Å². The Kier molecular flexibility index (Phi) is 10.0. The number of pyridine rings is 1. The highest BCUT2D eigenvalue weighted by Crippen LogP contribution is 2.27. The third-order valence-corrected chi connectivity index (χ3v) is 7.45. The molecule has 0 saturated carbocycles. The van der Waals surface area contributed by atoms with Crippen LogP contribution in [-0.2, 0) is 17.9 Å². The maximum absolute atomic E-state index is 13.5. The molecular weight excluding hydrogens is 466 g/mol. The van der Waals surface area contributed by atoms with Crippen molar-refractivity contribution in [3.8, 4) is 0 Å². The molecule has 0 atom stereocenters. The zero-order valence-corrected chi connectivity index (χ0v) is 22.1. The van der Waals surface area contributed by atoms with Crippen LogP contribution in [0.4, 0.5) is 5.69 Å². The summed E-state index contributed by atoms with van der Waals surface area (Å²) in [6.45, 7) is 8.37. The van der Waals surface area contributed by atoms with Crippen LogP contribution in [0.15, 0.2) is 42.7 Å². The number of fused-ring (bicyclic) bond motifs is 1. The molecule has 4 rings (SSSR count). The summed E-state index contributed by atoms with van der Waals surface area (Å²) in [5.41, 5.74) is 3.76. The average molecular weight is 508 g/mol. The van der Waals surface area contributed by atoms with Gasteiger partial charge in [-0.25, -0.2) is 0 Å². The smallest absolute Gasteiger partial charge is 0.253 e. The van der Waals surface area contributed by atoms with E-state index in [0.717, 1.165) is 62.3 Å². The Morgan fingerprint density at radius 3 is 2.38 bits per heavy atom. The number of nitrogens with zero attached hydrogens (tertiary/aromatic N) is 5. The quantitative estimate of drug-likeness (QED) is 0.670. The molecule has 0 bridgehead atoms. The first-order chi connectivity index (χ1) is 18.0. The van der Waals surface area contributed by atoms with Crippen molar-refractivity contribution in [1.29, 1.82) is 0 Å². The van der Waals surface area contributed by atoms with E-state index < -0.39 is 0 Å². The predicted molar refractivity (Wildman–Crippen MR) is 145 cm³/mol. The fourth-order valence-corrected chi connectivity index (χ4v) is 5.40. The molecule has 1 saturated heterocycles. The van der Waals surface area contributed by atoms with Gasteiger partial charge in [0.25, 0.3) is 5.91 Å². The minimum absolute atomic E-state index is 0.0331. The van der Waals surface area contributed by atoms with Gasteiger partial charge < -0.3 is 14.9 Å². The zero-order chi connectivity index (χ0) is 26.0. The van der Waals surface area contributed by atoms with Crippen LogP contribution >= 0.6 is 0 Å². The Bertz CT molecular complexity index is 1020. The van der Waals surface area contributed by atoms with Gasteiger partial charge >= 0.3 is 0 Å². The Balaban J connectivity index is 1.61. The number of carbonyl (C=O) groups is 2. The lowest BCUT2D eigenvalue weighted by atomic mass is 10.0. The first-order valence-corrected chi connectivity index (χ1v) is 13.7. The van der Waals surface area contributed by atoms with E-state index in [9.17, 15) is 14.7 Å². The van der Waals surface area contributed by atoms with Crippen molar-refractivity contribution >= 4 is 17.5 Å². The Morgan fingerprint density at radius 1 is 0.919 bits per heavy atom. The maximum Gasteiger partial charge on any atom is 0.253 e. The molecule has 1 aromatic heterocycles. The Labute approximate surface area is 220 Å². The van der Waals surface area contributed by atoms with E-state index >= 15 is 0 Å². The molecule has 8 heteroatoms. The third-order valence-electron chi connectivity index (χ3n) is 7.45. The topological polar surface area (TPSA) is 80.2 Å². The van der Waals surface area contributed by atoms with Gasteiger partial charge in [0.15, 0.2) is 0 Å². The van der Waals surface area contributed by atoms with Crippen molar-refractivity contribution in [2.45, 2.75) is 52.1 Å². The normalized spacial score (nSPS) is 18.5. The van der Waals surface area contributed by atoms with Crippen molar-refractivity contribution in [2.24, 2.45) is 0 Å². The third kappa shape index (κ3) is 7.60. The largest absolute Gasteiger partial charge is 0.395 e. The van der Waals surface area contributed by atoms with Crippen LogP contribution in [0.2, 0.25) is 0 Å². The number of anilines is 1. The Morgan fingerprint density at radius 2 is 1.68 bits per heavy atom. The number of amides is 2. The van der Waals surface area contributed by atoms with Crippen molar-refractivity contribution in [1.82, 2.24) is 19.7 Å². The molecule has 200 valence electrons. The molecule has 37 heavy (non-hydrogen) atoms. The van der Waals surface area contributed by atoms with E-state index in [-0.39, 0.29) is 18.4 Å². The first-order valence-electron chi connectivity index (χ1n) is 13.7.